The highest BCUT2D eigenvalue weighted by molar-refractivity contribution is 5.86. The number of carbonyl (C=O) groups is 1. The van der Waals surface area contributed by atoms with Gasteiger partial charge in [0.1, 0.15) is 0 Å². The third-order valence-corrected chi connectivity index (χ3v) is 3.53. The molecule has 1 saturated carbocycles. The molecule has 0 aromatic carbocycles. The minimum absolute atomic E-state index is 0.0839. The highest BCUT2D eigenvalue weighted by atomic mass is 16.2. The second-order valence-corrected chi connectivity index (χ2v) is 5.29. The van der Waals surface area contributed by atoms with Crippen LogP contribution in [0.3, 0.4) is 0 Å². The fourth-order valence-corrected chi connectivity index (χ4v) is 2.33. The van der Waals surface area contributed by atoms with Crippen molar-refractivity contribution in [3.05, 3.63) is 0 Å². The van der Waals surface area contributed by atoms with Crippen molar-refractivity contribution in [1.29, 1.82) is 0 Å². The Labute approximate surface area is 111 Å². The quantitative estimate of drug-likeness (QED) is 0.559. The Bertz CT molecular complexity index is 251. The number of carbonyl (C=O) groups excluding carboxylic acids is 1. The molecule has 0 aromatic rings. The van der Waals surface area contributed by atoms with Crippen molar-refractivity contribution >= 4 is 11.6 Å². The second-order valence-electron chi connectivity index (χ2n) is 5.29. The molecule has 0 unspecified atom stereocenters. The van der Waals surface area contributed by atoms with Crippen molar-refractivity contribution in [1.82, 2.24) is 5.43 Å². The summed E-state index contributed by atoms with van der Waals surface area (Å²) < 4.78 is 0. The molecule has 3 nitrogen and oxygen atoms in total. The third kappa shape index (κ3) is 7.46. The van der Waals surface area contributed by atoms with Gasteiger partial charge in [-0.05, 0) is 32.1 Å². The first-order chi connectivity index (χ1) is 8.83. The lowest BCUT2D eigenvalue weighted by atomic mass is 9.99. The van der Waals surface area contributed by atoms with Gasteiger partial charge in [-0.2, -0.15) is 5.10 Å². The Hall–Kier alpha value is -0.860. The van der Waals surface area contributed by atoms with Gasteiger partial charge in [-0.15, -0.1) is 0 Å². The molecule has 1 aliphatic rings. The number of unbranched alkanes of at least 4 members (excludes halogenated alkanes) is 3. The van der Waals surface area contributed by atoms with Crippen LogP contribution in [0, 0.1) is 0 Å². The van der Waals surface area contributed by atoms with Crippen molar-refractivity contribution in [2.45, 2.75) is 84.0 Å². The molecular formula is C15H28N2O. The van der Waals surface area contributed by atoms with E-state index in [1.165, 1.54) is 50.7 Å². The normalized spacial score (nSPS) is 16.8. The smallest absolute Gasteiger partial charge is 0.240 e. The Morgan fingerprint density at radius 2 is 1.72 bits per heavy atom. The van der Waals surface area contributed by atoms with Crippen molar-refractivity contribution in [2.75, 3.05) is 0 Å². The molecule has 18 heavy (non-hydrogen) atoms. The maximum absolute atomic E-state index is 11.6. The fourth-order valence-electron chi connectivity index (χ4n) is 2.33. The number of hydrogen-bond acceptors (Lipinski definition) is 2. The van der Waals surface area contributed by atoms with Crippen molar-refractivity contribution in [3.8, 4) is 0 Å². The van der Waals surface area contributed by atoms with Gasteiger partial charge in [0.05, 0.1) is 0 Å². The Morgan fingerprint density at radius 3 is 2.39 bits per heavy atom. The van der Waals surface area contributed by atoms with Crippen LogP contribution in [-0.2, 0) is 4.79 Å². The summed E-state index contributed by atoms with van der Waals surface area (Å²) >= 11 is 0. The number of hydrazone groups is 1. The number of amides is 1. The van der Waals surface area contributed by atoms with Crippen LogP contribution in [0.2, 0.25) is 0 Å². The van der Waals surface area contributed by atoms with E-state index in [1.54, 1.807) is 0 Å². The Balaban J connectivity index is 2.17. The summed E-state index contributed by atoms with van der Waals surface area (Å²) in [4.78, 5) is 11.6. The second kappa shape index (κ2) is 10.1. The van der Waals surface area contributed by atoms with E-state index in [-0.39, 0.29) is 5.91 Å². The number of rotatable bonds is 6. The molecule has 0 spiro atoms. The van der Waals surface area contributed by atoms with E-state index in [4.69, 9.17) is 0 Å². The molecule has 0 saturated heterocycles. The molecule has 0 heterocycles. The summed E-state index contributed by atoms with van der Waals surface area (Å²) in [6.07, 6.45) is 13.8. The molecule has 104 valence electrons. The summed E-state index contributed by atoms with van der Waals surface area (Å²) in [6, 6.07) is 0. The first-order valence-electron chi connectivity index (χ1n) is 7.67. The number of nitrogens with zero attached hydrogens (tertiary/aromatic N) is 1. The van der Waals surface area contributed by atoms with E-state index in [9.17, 15) is 4.79 Å². The third-order valence-electron chi connectivity index (χ3n) is 3.53. The van der Waals surface area contributed by atoms with Gasteiger partial charge in [-0.25, -0.2) is 5.43 Å². The SMILES string of the molecule is CCCCCCC(=O)NN=C1CCCCCCC1. The summed E-state index contributed by atoms with van der Waals surface area (Å²) in [6.45, 7) is 2.18. The van der Waals surface area contributed by atoms with E-state index in [0.717, 1.165) is 25.7 Å². The highest BCUT2D eigenvalue weighted by Crippen LogP contribution is 2.14. The van der Waals surface area contributed by atoms with Crippen molar-refractivity contribution in [3.63, 3.8) is 0 Å². The number of hydrogen-bond donors (Lipinski definition) is 1. The van der Waals surface area contributed by atoms with Gasteiger partial charge in [-0.1, -0.05) is 45.4 Å². The first kappa shape index (κ1) is 15.2. The van der Waals surface area contributed by atoms with Crippen molar-refractivity contribution in [2.24, 2.45) is 5.10 Å². The van der Waals surface area contributed by atoms with Crippen LogP contribution < -0.4 is 5.43 Å². The van der Waals surface area contributed by atoms with Gasteiger partial charge in [-0.3, -0.25) is 4.79 Å². The summed E-state index contributed by atoms with van der Waals surface area (Å²) in [5.74, 6) is 0.0839. The number of nitrogens with one attached hydrogen (secondary N) is 1. The Morgan fingerprint density at radius 1 is 1.06 bits per heavy atom. The molecule has 3 heteroatoms. The molecule has 1 N–H and O–H groups in total. The van der Waals surface area contributed by atoms with E-state index in [2.05, 4.69) is 17.5 Å². The van der Waals surface area contributed by atoms with Gasteiger partial charge in [0, 0.05) is 12.1 Å². The molecule has 1 fully saturated rings. The van der Waals surface area contributed by atoms with Gasteiger partial charge >= 0.3 is 0 Å². The molecular weight excluding hydrogens is 224 g/mol. The highest BCUT2D eigenvalue weighted by Gasteiger charge is 2.06. The minimum Gasteiger partial charge on any atom is -0.273 e. The fraction of sp³-hybridized carbons (Fsp3) is 0.867. The predicted molar refractivity (Wildman–Crippen MR) is 76.7 cm³/mol. The first-order valence-corrected chi connectivity index (χ1v) is 7.67. The van der Waals surface area contributed by atoms with Crippen LogP contribution in [0.5, 0.6) is 0 Å². The monoisotopic (exact) mass is 252 g/mol. The van der Waals surface area contributed by atoms with Gasteiger partial charge < -0.3 is 0 Å². The Kier molecular flexibility index (Phi) is 8.53. The molecule has 1 rings (SSSR count). The molecule has 0 atom stereocenters. The summed E-state index contributed by atoms with van der Waals surface area (Å²) in [5, 5.41) is 4.30. The molecule has 0 aromatic heterocycles. The van der Waals surface area contributed by atoms with Crippen molar-refractivity contribution < 1.29 is 4.79 Å². The standard InChI is InChI=1S/C15H28N2O/c1-2-3-4-10-13-15(18)17-16-14-11-8-6-5-7-9-12-14/h2-13H2,1H3,(H,17,18). The van der Waals surface area contributed by atoms with Gasteiger partial charge in [0.2, 0.25) is 5.91 Å². The zero-order valence-corrected chi connectivity index (χ0v) is 11.8. The van der Waals surface area contributed by atoms with E-state index >= 15 is 0 Å². The maximum atomic E-state index is 11.6. The molecule has 1 amide bonds. The molecule has 0 aliphatic heterocycles. The zero-order chi connectivity index (χ0) is 13.1. The largest absolute Gasteiger partial charge is 0.273 e. The van der Waals surface area contributed by atoms with E-state index < -0.39 is 0 Å². The van der Waals surface area contributed by atoms with Crippen LogP contribution in [0.1, 0.15) is 84.0 Å². The van der Waals surface area contributed by atoms with Crippen LogP contribution >= 0.6 is 0 Å². The lowest BCUT2D eigenvalue weighted by Crippen LogP contribution is -2.19. The van der Waals surface area contributed by atoms with E-state index in [1.807, 2.05) is 0 Å². The molecule has 0 radical (unpaired) electrons. The minimum atomic E-state index is 0.0839. The zero-order valence-electron chi connectivity index (χ0n) is 11.8. The van der Waals surface area contributed by atoms with Crippen LogP contribution in [-0.4, -0.2) is 11.6 Å². The topological polar surface area (TPSA) is 41.5 Å². The lowest BCUT2D eigenvalue weighted by Gasteiger charge is -2.10. The predicted octanol–water partition coefficient (Wildman–Crippen LogP) is 4.17. The van der Waals surface area contributed by atoms with E-state index in [0.29, 0.717) is 6.42 Å². The lowest BCUT2D eigenvalue weighted by molar-refractivity contribution is -0.121. The van der Waals surface area contributed by atoms with Gasteiger partial charge in [0.15, 0.2) is 0 Å². The van der Waals surface area contributed by atoms with Crippen LogP contribution in [0.15, 0.2) is 5.10 Å². The molecule has 1 aliphatic carbocycles. The average Bonchev–Trinajstić information content (AvgIpc) is 2.33. The maximum Gasteiger partial charge on any atom is 0.240 e. The molecule has 0 bridgehead atoms. The van der Waals surface area contributed by atoms with Crippen LogP contribution in [0.4, 0.5) is 0 Å². The van der Waals surface area contributed by atoms with Crippen LogP contribution in [0.25, 0.3) is 0 Å². The van der Waals surface area contributed by atoms with Gasteiger partial charge in [0.25, 0.3) is 0 Å². The average molecular weight is 252 g/mol. The summed E-state index contributed by atoms with van der Waals surface area (Å²) in [7, 11) is 0. The summed E-state index contributed by atoms with van der Waals surface area (Å²) in [5.41, 5.74) is 3.92.